The molecule has 0 amide bonds. The molecule has 1 aromatic carbocycles. The molecule has 0 aliphatic carbocycles. The summed E-state index contributed by atoms with van der Waals surface area (Å²) in [6.45, 7) is 4.49. The highest BCUT2D eigenvalue weighted by molar-refractivity contribution is 6.31. The zero-order chi connectivity index (χ0) is 11.7. The Labute approximate surface area is 101 Å². The Kier molecular flexibility index (Phi) is 3.41. The van der Waals surface area contributed by atoms with Gasteiger partial charge in [-0.1, -0.05) is 11.6 Å². The highest BCUT2D eigenvalue weighted by atomic mass is 35.5. The van der Waals surface area contributed by atoms with Crippen LogP contribution in [0.2, 0.25) is 5.02 Å². The maximum atomic E-state index is 9.75. The van der Waals surface area contributed by atoms with Crippen LogP contribution >= 0.6 is 11.6 Å². The fourth-order valence-corrected chi connectivity index (χ4v) is 2.39. The van der Waals surface area contributed by atoms with E-state index < -0.39 is 6.10 Å². The first-order valence-electron chi connectivity index (χ1n) is 5.74. The summed E-state index contributed by atoms with van der Waals surface area (Å²) in [6.07, 6.45) is 2.63. The van der Waals surface area contributed by atoms with Gasteiger partial charge in [0, 0.05) is 10.6 Å². The van der Waals surface area contributed by atoms with Crippen LogP contribution in [-0.2, 0) is 6.42 Å². The highest BCUT2D eigenvalue weighted by Gasteiger charge is 2.20. The summed E-state index contributed by atoms with van der Waals surface area (Å²) in [5.74, 6) is 0.856. The van der Waals surface area contributed by atoms with E-state index in [9.17, 15) is 5.11 Å². The van der Waals surface area contributed by atoms with Gasteiger partial charge in [-0.15, -0.1) is 0 Å². The van der Waals surface area contributed by atoms with Crippen molar-refractivity contribution in [1.29, 1.82) is 0 Å². The van der Waals surface area contributed by atoms with Crippen LogP contribution in [0.3, 0.4) is 0 Å². The molecule has 2 nitrogen and oxygen atoms in total. The van der Waals surface area contributed by atoms with E-state index >= 15 is 0 Å². The Morgan fingerprint density at radius 1 is 1.44 bits per heavy atom. The van der Waals surface area contributed by atoms with Gasteiger partial charge in [0.1, 0.15) is 5.75 Å². The normalized spacial score (nSPS) is 17.2. The molecule has 1 heterocycles. The minimum Gasteiger partial charge on any atom is -0.493 e. The van der Waals surface area contributed by atoms with Gasteiger partial charge < -0.3 is 9.84 Å². The maximum absolute atomic E-state index is 9.75. The van der Waals surface area contributed by atoms with Crippen LogP contribution in [0.1, 0.15) is 42.6 Å². The number of halogens is 1. The van der Waals surface area contributed by atoms with Gasteiger partial charge in [0.05, 0.1) is 12.7 Å². The number of ether oxygens (including phenoxy) is 1. The zero-order valence-electron chi connectivity index (χ0n) is 9.72. The lowest BCUT2D eigenvalue weighted by atomic mass is 9.97. The van der Waals surface area contributed by atoms with Gasteiger partial charge in [-0.2, -0.15) is 0 Å². The van der Waals surface area contributed by atoms with Crippen LogP contribution in [0.5, 0.6) is 5.75 Å². The molecular weight excluding hydrogens is 224 g/mol. The molecule has 0 aromatic heterocycles. The predicted octanol–water partition coefficient (Wildman–Crippen LogP) is 3.42. The van der Waals surface area contributed by atoms with Crippen molar-refractivity contribution in [2.75, 3.05) is 6.61 Å². The van der Waals surface area contributed by atoms with Crippen LogP contribution in [0.25, 0.3) is 0 Å². The van der Waals surface area contributed by atoms with E-state index in [2.05, 4.69) is 0 Å². The number of aliphatic hydroxyl groups excluding tert-OH is 1. The average molecular weight is 241 g/mol. The third-order valence-corrected chi connectivity index (χ3v) is 3.54. The molecular formula is C13H17ClO2. The second kappa shape index (κ2) is 4.64. The Morgan fingerprint density at radius 2 is 2.19 bits per heavy atom. The average Bonchev–Trinajstić information content (AvgIpc) is 2.48. The Morgan fingerprint density at radius 3 is 2.88 bits per heavy atom. The van der Waals surface area contributed by atoms with E-state index in [1.165, 1.54) is 5.56 Å². The zero-order valence-corrected chi connectivity index (χ0v) is 10.5. The van der Waals surface area contributed by atoms with Crippen molar-refractivity contribution in [2.45, 2.75) is 39.2 Å². The Hall–Kier alpha value is -0.730. The van der Waals surface area contributed by atoms with Gasteiger partial charge in [0.15, 0.2) is 0 Å². The van der Waals surface area contributed by atoms with E-state index in [1.807, 2.05) is 13.0 Å². The third-order valence-electron chi connectivity index (χ3n) is 3.15. The molecule has 0 fully saturated rings. The molecule has 0 bridgehead atoms. The molecule has 1 aromatic rings. The van der Waals surface area contributed by atoms with Crippen molar-refractivity contribution >= 4 is 11.6 Å². The van der Waals surface area contributed by atoms with E-state index in [1.54, 1.807) is 6.92 Å². The summed E-state index contributed by atoms with van der Waals surface area (Å²) < 4.78 is 5.76. The van der Waals surface area contributed by atoms with Crippen molar-refractivity contribution in [1.82, 2.24) is 0 Å². The largest absolute Gasteiger partial charge is 0.493 e. The quantitative estimate of drug-likeness (QED) is 0.815. The molecule has 16 heavy (non-hydrogen) atoms. The molecule has 3 heteroatoms. The molecule has 88 valence electrons. The van der Waals surface area contributed by atoms with Gasteiger partial charge in [0.2, 0.25) is 0 Å². The Bertz CT molecular complexity index is 399. The second-order valence-corrected chi connectivity index (χ2v) is 4.77. The van der Waals surface area contributed by atoms with E-state index in [-0.39, 0.29) is 0 Å². The van der Waals surface area contributed by atoms with Crippen LogP contribution in [0, 0.1) is 6.92 Å². The minimum atomic E-state index is -0.537. The SMILES string of the molecule is Cc1c(Cl)cc(C(C)O)c2c1CCCCO2. The molecule has 1 atom stereocenters. The lowest BCUT2D eigenvalue weighted by molar-refractivity contribution is 0.191. The molecule has 0 spiro atoms. The van der Waals surface area contributed by atoms with Gasteiger partial charge >= 0.3 is 0 Å². The second-order valence-electron chi connectivity index (χ2n) is 4.36. The lowest BCUT2D eigenvalue weighted by Crippen LogP contribution is -2.04. The molecule has 1 unspecified atom stereocenters. The maximum Gasteiger partial charge on any atom is 0.128 e. The number of hydrogen-bond acceptors (Lipinski definition) is 2. The summed E-state index contributed by atoms with van der Waals surface area (Å²) >= 11 is 6.18. The van der Waals surface area contributed by atoms with Gasteiger partial charge in [-0.05, 0) is 50.3 Å². The van der Waals surface area contributed by atoms with Gasteiger partial charge in [-0.3, -0.25) is 0 Å². The topological polar surface area (TPSA) is 29.5 Å². The molecule has 2 rings (SSSR count). The van der Waals surface area contributed by atoms with E-state index in [0.717, 1.165) is 47.8 Å². The number of benzene rings is 1. The number of aliphatic hydroxyl groups is 1. The monoisotopic (exact) mass is 240 g/mol. The van der Waals surface area contributed by atoms with Crippen molar-refractivity contribution in [3.8, 4) is 5.75 Å². The predicted molar refractivity (Wildman–Crippen MR) is 65.3 cm³/mol. The van der Waals surface area contributed by atoms with Gasteiger partial charge in [-0.25, -0.2) is 0 Å². The first-order valence-corrected chi connectivity index (χ1v) is 6.11. The van der Waals surface area contributed by atoms with Crippen LogP contribution in [-0.4, -0.2) is 11.7 Å². The third kappa shape index (κ3) is 2.04. The summed E-state index contributed by atoms with van der Waals surface area (Å²) in [4.78, 5) is 0. The number of hydrogen-bond donors (Lipinski definition) is 1. The van der Waals surface area contributed by atoms with Crippen molar-refractivity contribution in [2.24, 2.45) is 0 Å². The highest BCUT2D eigenvalue weighted by Crippen LogP contribution is 2.38. The number of rotatable bonds is 1. The summed E-state index contributed by atoms with van der Waals surface area (Å²) in [5, 5.41) is 10.5. The smallest absolute Gasteiger partial charge is 0.128 e. The standard InChI is InChI=1S/C13H17ClO2/c1-8-10-5-3-4-6-16-13(10)11(9(2)15)7-12(8)14/h7,9,15H,3-6H2,1-2H3. The van der Waals surface area contributed by atoms with Crippen LogP contribution < -0.4 is 4.74 Å². The van der Waals surface area contributed by atoms with Gasteiger partial charge in [0.25, 0.3) is 0 Å². The van der Waals surface area contributed by atoms with Crippen molar-refractivity contribution in [3.05, 3.63) is 27.8 Å². The van der Waals surface area contributed by atoms with Crippen LogP contribution in [0.15, 0.2) is 6.07 Å². The Balaban J connectivity index is 2.60. The first kappa shape index (κ1) is 11.7. The fourth-order valence-electron chi connectivity index (χ4n) is 2.16. The molecule has 1 N–H and O–H groups in total. The molecule has 1 aliphatic heterocycles. The van der Waals surface area contributed by atoms with Crippen molar-refractivity contribution < 1.29 is 9.84 Å². The molecule has 0 saturated heterocycles. The van der Waals surface area contributed by atoms with E-state index in [0.29, 0.717) is 0 Å². The summed E-state index contributed by atoms with van der Waals surface area (Å²) in [7, 11) is 0. The lowest BCUT2D eigenvalue weighted by Gasteiger charge is -2.18. The van der Waals surface area contributed by atoms with Crippen LogP contribution in [0.4, 0.5) is 0 Å². The van der Waals surface area contributed by atoms with E-state index in [4.69, 9.17) is 16.3 Å². The summed E-state index contributed by atoms with van der Waals surface area (Å²) in [5.41, 5.74) is 3.07. The number of fused-ring (bicyclic) bond motifs is 1. The molecule has 0 radical (unpaired) electrons. The molecule has 1 aliphatic rings. The fraction of sp³-hybridized carbons (Fsp3) is 0.538. The molecule has 0 saturated carbocycles. The van der Waals surface area contributed by atoms with Crippen molar-refractivity contribution in [3.63, 3.8) is 0 Å². The first-order chi connectivity index (χ1) is 7.61. The summed E-state index contributed by atoms with van der Waals surface area (Å²) in [6, 6.07) is 1.83. The minimum absolute atomic E-state index is 0.537.